The van der Waals surface area contributed by atoms with E-state index >= 15 is 0 Å². The second kappa shape index (κ2) is 6.40. The molecular weight excluding hydrogens is 196 g/mol. The third-order valence-corrected chi connectivity index (χ3v) is 1.73. The fourth-order valence-corrected chi connectivity index (χ4v) is 0.739. The quantitative estimate of drug-likeness (QED) is 0.631. The lowest BCUT2D eigenvalue weighted by Crippen LogP contribution is -2.37. The average molecular weight is 216 g/mol. The van der Waals surface area contributed by atoms with E-state index in [9.17, 15) is 9.59 Å². The van der Waals surface area contributed by atoms with Crippen LogP contribution in [0.15, 0.2) is 0 Å². The van der Waals surface area contributed by atoms with Crippen molar-refractivity contribution in [1.29, 1.82) is 0 Å². The lowest BCUT2D eigenvalue weighted by Gasteiger charge is -2.17. The van der Waals surface area contributed by atoms with Crippen LogP contribution >= 0.6 is 0 Å². The van der Waals surface area contributed by atoms with E-state index in [1.165, 1.54) is 0 Å². The molecule has 0 saturated heterocycles. The molecule has 0 fully saturated rings. The Morgan fingerprint density at radius 3 is 2.33 bits per heavy atom. The van der Waals surface area contributed by atoms with Crippen molar-refractivity contribution in [3.63, 3.8) is 0 Å². The summed E-state index contributed by atoms with van der Waals surface area (Å²) in [6.07, 6.45) is 0. The van der Waals surface area contributed by atoms with Crippen molar-refractivity contribution < 1.29 is 14.3 Å². The number of likely N-dealkylation sites (N-methyl/N-ethyl adjacent to an activating group) is 1. The van der Waals surface area contributed by atoms with Crippen molar-refractivity contribution in [3.05, 3.63) is 0 Å². The van der Waals surface area contributed by atoms with Gasteiger partial charge in [0.2, 0.25) is 11.8 Å². The average Bonchev–Trinajstić information content (AvgIpc) is 2.15. The fourth-order valence-electron chi connectivity index (χ4n) is 0.739. The Kier molecular flexibility index (Phi) is 5.93. The Morgan fingerprint density at radius 2 is 1.87 bits per heavy atom. The molecule has 0 unspecified atom stereocenters. The summed E-state index contributed by atoms with van der Waals surface area (Å²) < 4.78 is 5.02. The minimum atomic E-state index is -0.388. The summed E-state index contributed by atoms with van der Waals surface area (Å²) in [6, 6.07) is 0. The molecule has 0 aromatic heterocycles. The molecule has 0 bridgehead atoms. The van der Waals surface area contributed by atoms with Crippen molar-refractivity contribution in [2.45, 2.75) is 20.8 Å². The SMILES string of the molecule is CNC(=O)COCCNC(=O)C(C)(C)C. The molecule has 2 N–H and O–H groups in total. The van der Waals surface area contributed by atoms with Crippen molar-refractivity contribution in [2.75, 3.05) is 26.8 Å². The van der Waals surface area contributed by atoms with Gasteiger partial charge in [-0.05, 0) is 0 Å². The molecule has 88 valence electrons. The molecule has 15 heavy (non-hydrogen) atoms. The maximum Gasteiger partial charge on any atom is 0.245 e. The number of amides is 2. The van der Waals surface area contributed by atoms with Gasteiger partial charge < -0.3 is 15.4 Å². The van der Waals surface area contributed by atoms with E-state index in [0.29, 0.717) is 13.2 Å². The first kappa shape index (κ1) is 13.9. The van der Waals surface area contributed by atoms with Crippen LogP contribution in [0.5, 0.6) is 0 Å². The van der Waals surface area contributed by atoms with Gasteiger partial charge in [0.1, 0.15) is 6.61 Å². The number of hydrogen-bond acceptors (Lipinski definition) is 3. The number of hydrogen-bond donors (Lipinski definition) is 2. The molecule has 0 aliphatic carbocycles. The molecule has 5 heteroatoms. The van der Waals surface area contributed by atoms with Gasteiger partial charge in [-0.3, -0.25) is 9.59 Å². The normalized spacial score (nSPS) is 10.9. The highest BCUT2D eigenvalue weighted by molar-refractivity contribution is 5.81. The van der Waals surface area contributed by atoms with Crippen molar-refractivity contribution in [2.24, 2.45) is 5.41 Å². The third-order valence-electron chi connectivity index (χ3n) is 1.73. The maximum absolute atomic E-state index is 11.4. The Balaban J connectivity index is 3.48. The van der Waals surface area contributed by atoms with E-state index in [2.05, 4.69) is 10.6 Å². The fraction of sp³-hybridized carbons (Fsp3) is 0.800. The van der Waals surface area contributed by atoms with Crippen molar-refractivity contribution in [1.82, 2.24) is 10.6 Å². The highest BCUT2D eigenvalue weighted by Gasteiger charge is 2.20. The number of carbonyl (C=O) groups is 2. The van der Waals surface area contributed by atoms with Crippen LogP contribution in [0.4, 0.5) is 0 Å². The number of nitrogens with one attached hydrogen (secondary N) is 2. The Hall–Kier alpha value is -1.10. The molecule has 0 heterocycles. The molecule has 0 atom stereocenters. The highest BCUT2D eigenvalue weighted by Crippen LogP contribution is 2.11. The molecule has 2 amide bonds. The summed E-state index contributed by atoms with van der Waals surface area (Å²) in [4.78, 5) is 22.1. The van der Waals surface area contributed by atoms with Gasteiger partial charge in [-0.1, -0.05) is 20.8 Å². The third kappa shape index (κ3) is 6.90. The van der Waals surface area contributed by atoms with E-state index in [0.717, 1.165) is 0 Å². The Bertz CT molecular complexity index is 221. The monoisotopic (exact) mass is 216 g/mol. The minimum Gasteiger partial charge on any atom is -0.370 e. The van der Waals surface area contributed by atoms with Crippen LogP contribution in [0.2, 0.25) is 0 Å². The van der Waals surface area contributed by atoms with Crippen molar-refractivity contribution >= 4 is 11.8 Å². The van der Waals surface area contributed by atoms with Crippen LogP contribution in [-0.2, 0) is 14.3 Å². The largest absolute Gasteiger partial charge is 0.370 e. The minimum absolute atomic E-state index is 0.0222. The number of carbonyl (C=O) groups excluding carboxylic acids is 2. The summed E-state index contributed by atoms with van der Waals surface area (Å²) in [7, 11) is 1.55. The molecule has 0 saturated carbocycles. The van der Waals surface area contributed by atoms with E-state index in [1.807, 2.05) is 20.8 Å². The first-order valence-electron chi connectivity index (χ1n) is 4.94. The van der Waals surface area contributed by atoms with Gasteiger partial charge in [0.15, 0.2) is 0 Å². The predicted molar refractivity (Wildman–Crippen MR) is 57.4 cm³/mol. The molecule has 0 aliphatic heterocycles. The zero-order valence-corrected chi connectivity index (χ0v) is 9.85. The Labute approximate surface area is 90.6 Å². The van der Waals surface area contributed by atoms with Crippen LogP contribution in [0, 0.1) is 5.41 Å². The molecular formula is C10H20N2O3. The highest BCUT2D eigenvalue weighted by atomic mass is 16.5. The standard InChI is InChI=1S/C10H20N2O3/c1-10(2,3)9(14)12-5-6-15-7-8(13)11-4/h5-7H2,1-4H3,(H,11,13)(H,12,14). The Morgan fingerprint density at radius 1 is 1.27 bits per heavy atom. The van der Waals surface area contributed by atoms with Crippen molar-refractivity contribution in [3.8, 4) is 0 Å². The molecule has 0 radical (unpaired) electrons. The maximum atomic E-state index is 11.4. The van der Waals surface area contributed by atoms with Gasteiger partial charge >= 0.3 is 0 Å². The van der Waals surface area contributed by atoms with E-state index < -0.39 is 0 Å². The smallest absolute Gasteiger partial charge is 0.245 e. The van der Waals surface area contributed by atoms with Gasteiger partial charge in [-0.25, -0.2) is 0 Å². The summed E-state index contributed by atoms with van der Waals surface area (Å²) >= 11 is 0. The number of ether oxygens (including phenoxy) is 1. The van der Waals surface area contributed by atoms with Gasteiger partial charge in [-0.2, -0.15) is 0 Å². The first-order chi connectivity index (χ1) is 6.88. The molecule has 0 spiro atoms. The van der Waals surface area contributed by atoms with Crippen LogP contribution in [0.3, 0.4) is 0 Å². The molecule has 0 aromatic carbocycles. The molecule has 0 rings (SSSR count). The van der Waals surface area contributed by atoms with Gasteiger partial charge in [-0.15, -0.1) is 0 Å². The van der Waals surface area contributed by atoms with E-state index in [1.54, 1.807) is 7.05 Å². The lowest BCUT2D eigenvalue weighted by atomic mass is 9.96. The summed E-state index contributed by atoms with van der Waals surface area (Å²) in [5, 5.41) is 5.16. The number of rotatable bonds is 5. The van der Waals surface area contributed by atoms with Crippen LogP contribution in [0.1, 0.15) is 20.8 Å². The van der Waals surface area contributed by atoms with Gasteiger partial charge in [0.25, 0.3) is 0 Å². The predicted octanol–water partition coefficient (Wildman–Crippen LogP) is -0.0887. The lowest BCUT2D eigenvalue weighted by molar-refractivity contribution is -0.128. The molecule has 0 aromatic rings. The second-order valence-electron chi connectivity index (χ2n) is 4.23. The van der Waals surface area contributed by atoms with E-state index in [-0.39, 0.29) is 23.8 Å². The zero-order valence-electron chi connectivity index (χ0n) is 9.85. The summed E-state index contributed by atoms with van der Waals surface area (Å²) in [5.74, 6) is -0.191. The topological polar surface area (TPSA) is 67.4 Å². The van der Waals surface area contributed by atoms with Gasteiger partial charge in [0.05, 0.1) is 6.61 Å². The van der Waals surface area contributed by atoms with E-state index in [4.69, 9.17) is 4.74 Å². The zero-order chi connectivity index (χ0) is 11.9. The second-order valence-corrected chi connectivity index (χ2v) is 4.23. The van der Waals surface area contributed by atoms with Crippen LogP contribution < -0.4 is 10.6 Å². The molecule has 5 nitrogen and oxygen atoms in total. The van der Waals surface area contributed by atoms with Crippen LogP contribution in [0.25, 0.3) is 0 Å². The summed E-state index contributed by atoms with van der Waals surface area (Å²) in [6.45, 7) is 6.32. The van der Waals surface area contributed by atoms with Crippen LogP contribution in [-0.4, -0.2) is 38.6 Å². The summed E-state index contributed by atoms with van der Waals surface area (Å²) in [5.41, 5.74) is -0.388. The first-order valence-corrected chi connectivity index (χ1v) is 4.94. The molecule has 0 aliphatic rings. The van der Waals surface area contributed by atoms with Gasteiger partial charge in [0, 0.05) is 19.0 Å².